The van der Waals surface area contributed by atoms with Crippen LogP contribution in [0.25, 0.3) is 10.9 Å². The Bertz CT molecular complexity index is 924. The van der Waals surface area contributed by atoms with Crippen molar-refractivity contribution in [2.75, 3.05) is 26.7 Å². The van der Waals surface area contributed by atoms with Crippen molar-refractivity contribution in [1.29, 1.82) is 0 Å². The number of nitrogens with one attached hydrogen (secondary N) is 2. The van der Waals surface area contributed by atoms with E-state index in [1.54, 1.807) is 22.7 Å². The first kappa shape index (κ1) is 19.6. The van der Waals surface area contributed by atoms with Crippen LogP contribution in [0.15, 0.2) is 36.5 Å². The molecule has 1 aromatic heterocycles. The van der Waals surface area contributed by atoms with Crippen LogP contribution in [0.5, 0.6) is 0 Å². The number of para-hydroxylation sites is 1. The van der Waals surface area contributed by atoms with Crippen LogP contribution in [0.1, 0.15) is 24.1 Å². The van der Waals surface area contributed by atoms with Gasteiger partial charge in [0.15, 0.2) is 0 Å². The highest BCUT2D eigenvalue weighted by molar-refractivity contribution is 5.97. The van der Waals surface area contributed by atoms with Crippen LogP contribution in [0.4, 0.5) is 0 Å². The van der Waals surface area contributed by atoms with Crippen molar-refractivity contribution in [2.24, 2.45) is 5.92 Å². The minimum absolute atomic E-state index is 0.120. The lowest BCUT2D eigenvalue weighted by Crippen LogP contribution is -2.50. The van der Waals surface area contributed by atoms with Crippen molar-refractivity contribution in [3.05, 3.63) is 36.5 Å². The molecule has 4 rings (SSSR count). The molecule has 154 valence electrons. The molecule has 3 atom stereocenters. The van der Waals surface area contributed by atoms with E-state index >= 15 is 0 Å². The van der Waals surface area contributed by atoms with E-state index in [4.69, 9.17) is 4.74 Å². The first-order valence-electron chi connectivity index (χ1n) is 10.1. The second-order valence-electron chi connectivity index (χ2n) is 7.57. The molecule has 8 nitrogen and oxygen atoms in total. The number of carbonyl (C=O) groups excluding carboxylic acids is 3. The molecule has 2 aromatic rings. The van der Waals surface area contributed by atoms with E-state index in [1.165, 1.54) is 0 Å². The van der Waals surface area contributed by atoms with Gasteiger partial charge >= 0.3 is 0 Å². The van der Waals surface area contributed by atoms with E-state index in [2.05, 4.69) is 10.6 Å². The zero-order valence-electron chi connectivity index (χ0n) is 16.5. The van der Waals surface area contributed by atoms with Crippen molar-refractivity contribution in [1.82, 2.24) is 20.1 Å². The third-order valence-corrected chi connectivity index (χ3v) is 5.72. The molecule has 0 aliphatic carbocycles. The lowest BCUT2D eigenvalue weighted by Gasteiger charge is -2.29. The van der Waals surface area contributed by atoms with Crippen LogP contribution in [-0.4, -0.2) is 66.2 Å². The van der Waals surface area contributed by atoms with Crippen molar-refractivity contribution in [3.8, 4) is 0 Å². The van der Waals surface area contributed by atoms with E-state index in [0.29, 0.717) is 25.9 Å². The number of nitrogens with zero attached hydrogens (tertiary/aromatic N) is 2. The largest absolute Gasteiger partial charge is 0.358 e. The molecule has 0 radical (unpaired) electrons. The first-order chi connectivity index (χ1) is 14.1. The summed E-state index contributed by atoms with van der Waals surface area (Å²) < 4.78 is 7.51. The zero-order chi connectivity index (χ0) is 20.4. The van der Waals surface area contributed by atoms with E-state index in [1.807, 2.05) is 30.3 Å². The molecule has 2 amide bonds. The van der Waals surface area contributed by atoms with Crippen LogP contribution in [0, 0.1) is 5.92 Å². The number of benzene rings is 1. The predicted molar refractivity (Wildman–Crippen MR) is 107 cm³/mol. The minimum Gasteiger partial charge on any atom is -0.358 e. The highest BCUT2D eigenvalue weighted by Gasteiger charge is 2.45. The van der Waals surface area contributed by atoms with Gasteiger partial charge in [-0.15, -0.1) is 0 Å². The zero-order valence-corrected chi connectivity index (χ0v) is 16.5. The van der Waals surface area contributed by atoms with E-state index < -0.39 is 12.0 Å². The van der Waals surface area contributed by atoms with Crippen molar-refractivity contribution < 1.29 is 19.1 Å². The molecular formula is C21H26N4O4. The lowest BCUT2D eigenvalue weighted by molar-refractivity contribution is -0.142. The van der Waals surface area contributed by atoms with E-state index in [0.717, 1.165) is 10.9 Å². The SMILES string of the molecule is CNCC(=O)NCC1CCO[C@H]2CC[C@H](C(=O)n3ccc4ccccc43)N2C1=O. The molecule has 0 bridgehead atoms. The maximum atomic E-state index is 13.3. The molecule has 2 aliphatic heterocycles. The smallest absolute Gasteiger partial charge is 0.253 e. The number of hydrogen-bond acceptors (Lipinski definition) is 5. The summed E-state index contributed by atoms with van der Waals surface area (Å²) in [7, 11) is 1.69. The summed E-state index contributed by atoms with van der Waals surface area (Å²) in [6.07, 6.45) is 3.12. The first-order valence-corrected chi connectivity index (χ1v) is 10.1. The van der Waals surface area contributed by atoms with Gasteiger partial charge in [-0.05, 0) is 38.4 Å². The average molecular weight is 398 g/mol. The van der Waals surface area contributed by atoms with E-state index in [-0.39, 0.29) is 37.0 Å². The van der Waals surface area contributed by atoms with Gasteiger partial charge in [0.05, 0.1) is 24.6 Å². The Morgan fingerprint density at radius 1 is 1.17 bits per heavy atom. The molecule has 2 fully saturated rings. The Morgan fingerprint density at radius 3 is 2.83 bits per heavy atom. The number of aromatic nitrogens is 1. The highest BCUT2D eigenvalue weighted by Crippen LogP contribution is 2.32. The van der Waals surface area contributed by atoms with Gasteiger partial charge in [-0.25, -0.2) is 0 Å². The van der Waals surface area contributed by atoms with Gasteiger partial charge in [0.2, 0.25) is 11.8 Å². The quantitative estimate of drug-likeness (QED) is 0.783. The molecule has 29 heavy (non-hydrogen) atoms. The molecule has 1 unspecified atom stereocenters. The van der Waals surface area contributed by atoms with Gasteiger partial charge in [0, 0.05) is 18.1 Å². The van der Waals surface area contributed by atoms with Crippen molar-refractivity contribution in [2.45, 2.75) is 31.5 Å². The Kier molecular flexibility index (Phi) is 5.64. The van der Waals surface area contributed by atoms with Gasteiger partial charge in [-0.2, -0.15) is 0 Å². The van der Waals surface area contributed by atoms with Crippen LogP contribution in [0.2, 0.25) is 0 Å². The van der Waals surface area contributed by atoms with E-state index in [9.17, 15) is 14.4 Å². The van der Waals surface area contributed by atoms with Gasteiger partial charge in [0.1, 0.15) is 12.3 Å². The van der Waals surface area contributed by atoms with Crippen LogP contribution >= 0.6 is 0 Å². The summed E-state index contributed by atoms with van der Waals surface area (Å²) >= 11 is 0. The molecule has 1 aromatic carbocycles. The third kappa shape index (κ3) is 3.77. The van der Waals surface area contributed by atoms with Crippen LogP contribution in [0.3, 0.4) is 0 Å². The molecule has 3 heterocycles. The Hall–Kier alpha value is -2.71. The molecule has 0 saturated carbocycles. The van der Waals surface area contributed by atoms with Gasteiger partial charge in [-0.1, -0.05) is 18.2 Å². The highest BCUT2D eigenvalue weighted by atomic mass is 16.5. The molecule has 2 N–H and O–H groups in total. The van der Waals surface area contributed by atoms with Gasteiger partial charge in [0.25, 0.3) is 5.91 Å². The number of ether oxygens (including phenoxy) is 1. The molecule has 0 spiro atoms. The standard InChI is InChI=1S/C21H26N4O4/c1-22-13-18(26)23-12-15-9-11-29-19-7-6-17(25(19)20(15)27)21(28)24-10-8-14-4-2-3-5-16(14)24/h2-5,8,10,15,17,19,22H,6-7,9,11-13H2,1H3,(H,23,26)/t15?,17-,19+/m1/s1. The van der Waals surface area contributed by atoms with Crippen LogP contribution < -0.4 is 10.6 Å². The summed E-state index contributed by atoms with van der Waals surface area (Å²) in [6, 6.07) is 9.04. The normalized spacial score (nSPS) is 24.4. The maximum Gasteiger partial charge on any atom is 0.253 e. The summed E-state index contributed by atoms with van der Waals surface area (Å²) in [5, 5.41) is 6.57. The average Bonchev–Trinajstić information content (AvgIpc) is 3.30. The topological polar surface area (TPSA) is 92.7 Å². The second kappa shape index (κ2) is 8.34. The maximum absolute atomic E-state index is 13.3. The van der Waals surface area contributed by atoms with Gasteiger partial charge in [-0.3, -0.25) is 19.0 Å². The monoisotopic (exact) mass is 398 g/mol. The lowest BCUT2D eigenvalue weighted by atomic mass is 10.0. The van der Waals surface area contributed by atoms with Crippen molar-refractivity contribution in [3.63, 3.8) is 0 Å². The number of hydrogen-bond donors (Lipinski definition) is 2. The number of rotatable bonds is 5. The Morgan fingerprint density at radius 2 is 2.00 bits per heavy atom. The van der Waals surface area contributed by atoms with Gasteiger partial charge < -0.3 is 20.3 Å². The molecule has 2 saturated heterocycles. The fourth-order valence-corrected chi connectivity index (χ4v) is 4.25. The number of fused-ring (bicyclic) bond motifs is 2. The van der Waals surface area contributed by atoms with Crippen molar-refractivity contribution >= 4 is 28.6 Å². The Labute approximate surface area is 169 Å². The Balaban J connectivity index is 1.54. The molecule has 2 aliphatic rings. The summed E-state index contributed by atoms with van der Waals surface area (Å²) in [5.74, 6) is -0.791. The molecule has 8 heteroatoms. The number of likely N-dealkylation sites (N-methyl/N-ethyl adjacent to an activating group) is 1. The fraction of sp³-hybridized carbons (Fsp3) is 0.476. The minimum atomic E-state index is -0.558. The molecular weight excluding hydrogens is 372 g/mol. The summed E-state index contributed by atoms with van der Waals surface area (Å²) in [5.41, 5.74) is 0.833. The predicted octanol–water partition coefficient (Wildman–Crippen LogP) is 0.971. The van der Waals surface area contributed by atoms with Crippen LogP contribution in [-0.2, 0) is 14.3 Å². The summed E-state index contributed by atoms with van der Waals surface area (Å²) in [4.78, 5) is 40.0. The fourth-order valence-electron chi connectivity index (χ4n) is 4.25. The number of amides is 2. The number of carbonyl (C=O) groups is 3. The second-order valence-corrected chi connectivity index (χ2v) is 7.57. The third-order valence-electron chi connectivity index (χ3n) is 5.72. The summed E-state index contributed by atoms with van der Waals surface area (Å²) in [6.45, 7) is 0.887.